The lowest BCUT2D eigenvalue weighted by Crippen LogP contribution is -2.19. The summed E-state index contributed by atoms with van der Waals surface area (Å²) in [4.78, 5) is 0. The van der Waals surface area contributed by atoms with Gasteiger partial charge in [0.1, 0.15) is 0 Å². The molecule has 0 atom stereocenters. The summed E-state index contributed by atoms with van der Waals surface area (Å²) < 4.78 is 0. The smallest absolute Gasteiger partial charge is 0.0318 e. The van der Waals surface area contributed by atoms with E-state index in [1.807, 2.05) is 0 Å². The van der Waals surface area contributed by atoms with E-state index in [0.717, 1.165) is 0 Å². The summed E-state index contributed by atoms with van der Waals surface area (Å²) in [5.74, 6) is 0. The highest BCUT2D eigenvalue weighted by Crippen LogP contribution is 2.39. The molecule has 0 heteroatoms. The maximum Gasteiger partial charge on any atom is -0.0318 e. The third-order valence-electron chi connectivity index (χ3n) is 3.02. The summed E-state index contributed by atoms with van der Waals surface area (Å²) in [6.07, 6.45) is 6.60. The van der Waals surface area contributed by atoms with Gasteiger partial charge in [0, 0.05) is 0 Å². The van der Waals surface area contributed by atoms with Crippen molar-refractivity contribution >= 4 is 0 Å². The SMILES string of the molecule is C=C1CCC(C)(CC)CC1. The third-order valence-corrected chi connectivity index (χ3v) is 3.02. The predicted molar refractivity (Wildman–Crippen MR) is 46.0 cm³/mol. The van der Waals surface area contributed by atoms with E-state index in [2.05, 4.69) is 20.4 Å². The zero-order valence-corrected chi connectivity index (χ0v) is 7.24. The molecule has 58 valence electrons. The van der Waals surface area contributed by atoms with Crippen LogP contribution < -0.4 is 0 Å². The van der Waals surface area contributed by atoms with Gasteiger partial charge in [0.15, 0.2) is 0 Å². The van der Waals surface area contributed by atoms with E-state index < -0.39 is 0 Å². The van der Waals surface area contributed by atoms with Crippen molar-refractivity contribution in [3.05, 3.63) is 12.2 Å². The fourth-order valence-corrected chi connectivity index (χ4v) is 1.56. The molecular weight excluding hydrogens is 120 g/mol. The monoisotopic (exact) mass is 138 g/mol. The van der Waals surface area contributed by atoms with Crippen LogP contribution in [0, 0.1) is 5.41 Å². The molecule has 1 aliphatic carbocycles. The average Bonchev–Trinajstić information content (AvgIpc) is 1.96. The van der Waals surface area contributed by atoms with Gasteiger partial charge < -0.3 is 0 Å². The molecule has 0 aromatic heterocycles. The summed E-state index contributed by atoms with van der Waals surface area (Å²) in [5.41, 5.74) is 2.10. The Kier molecular flexibility index (Phi) is 2.18. The molecule has 0 bridgehead atoms. The van der Waals surface area contributed by atoms with Crippen LogP contribution in [0.4, 0.5) is 0 Å². The number of hydrogen-bond donors (Lipinski definition) is 0. The summed E-state index contributed by atoms with van der Waals surface area (Å²) in [7, 11) is 0. The van der Waals surface area contributed by atoms with Crippen LogP contribution in [0.1, 0.15) is 46.0 Å². The van der Waals surface area contributed by atoms with Crippen molar-refractivity contribution in [3.63, 3.8) is 0 Å². The number of rotatable bonds is 1. The van der Waals surface area contributed by atoms with Gasteiger partial charge in [0.05, 0.1) is 0 Å². The zero-order chi connectivity index (χ0) is 7.61. The summed E-state index contributed by atoms with van der Waals surface area (Å²) >= 11 is 0. The van der Waals surface area contributed by atoms with Crippen molar-refractivity contribution in [2.45, 2.75) is 46.0 Å². The van der Waals surface area contributed by atoms with Crippen LogP contribution in [0.5, 0.6) is 0 Å². The van der Waals surface area contributed by atoms with E-state index in [-0.39, 0.29) is 0 Å². The Morgan fingerprint density at radius 1 is 1.40 bits per heavy atom. The highest BCUT2D eigenvalue weighted by molar-refractivity contribution is 5.01. The minimum atomic E-state index is 0.640. The maximum atomic E-state index is 4.01. The quantitative estimate of drug-likeness (QED) is 0.486. The molecule has 0 unspecified atom stereocenters. The highest BCUT2D eigenvalue weighted by Gasteiger charge is 2.25. The molecule has 0 heterocycles. The van der Waals surface area contributed by atoms with Crippen LogP contribution in [-0.4, -0.2) is 0 Å². The van der Waals surface area contributed by atoms with Gasteiger partial charge in [-0.3, -0.25) is 0 Å². The molecule has 0 aromatic rings. The lowest BCUT2D eigenvalue weighted by atomic mass is 9.73. The Morgan fingerprint density at radius 3 is 2.30 bits per heavy atom. The van der Waals surface area contributed by atoms with Crippen molar-refractivity contribution in [3.8, 4) is 0 Å². The molecule has 0 aromatic carbocycles. The molecule has 0 aliphatic heterocycles. The van der Waals surface area contributed by atoms with E-state index in [9.17, 15) is 0 Å². The first-order valence-corrected chi connectivity index (χ1v) is 4.33. The topological polar surface area (TPSA) is 0 Å². The van der Waals surface area contributed by atoms with Gasteiger partial charge in [0.2, 0.25) is 0 Å². The van der Waals surface area contributed by atoms with Crippen LogP contribution in [0.3, 0.4) is 0 Å². The standard InChI is InChI=1S/C10H18/c1-4-10(3)7-5-9(2)6-8-10/h2,4-8H2,1,3H3. The second kappa shape index (κ2) is 2.77. The molecule has 1 aliphatic rings. The molecule has 10 heavy (non-hydrogen) atoms. The van der Waals surface area contributed by atoms with Crippen LogP contribution in [-0.2, 0) is 0 Å². The molecule has 0 nitrogen and oxygen atoms in total. The van der Waals surface area contributed by atoms with Crippen molar-refractivity contribution in [2.75, 3.05) is 0 Å². The largest absolute Gasteiger partial charge is 0.0999 e. The van der Waals surface area contributed by atoms with Gasteiger partial charge in [-0.15, -0.1) is 0 Å². The van der Waals surface area contributed by atoms with Crippen molar-refractivity contribution in [1.29, 1.82) is 0 Å². The predicted octanol–water partition coefficient (Wildman–Crippen LogP) is 3.53. The summed E-state index contributed by atoms with van der Waals surface area (Å²) in [6.45, 7) is 8.72. The van der Waals surface area contributed by atoms with E-state index in [0.29, 0.717) is 5.41 Å². The number of allylic oxidation sites excluding steroid dienone is 1. The molecule has 0 spiro atoms. The normalized spacial score (nSPS) is 24.8. The molecule has 0 radical (unpaired) electrons. The van der Waals surface area contributed by atoms with Crippen LogP contribution >= 0.6 is 0 Å². The highest BCUT2D eigenvalue weighted by atomic mass is 14.3. The van der Waals surface area contributed by atoms with Gasteiger partial charge in [-0.2, -0.15) is 0 Å². The third kappa shape index (κ3) is 1.62. The molecule has 0 N–H and O–H groups in total. The second-order valence-corrected chi connectivity index (χ2v) is 3.91. The Labute approximate surface area is 64.3 Å². The minimum Gasteiger partial charge on any atom is -0.0999 e. The van der Waals surface area contributed by atoms with E-state index >= 15 is 0 Å². The van der Waals surface area contributed by atoms with Gasteiger partial charge >= 0.3 is 0 Å². The fourth-order valence-electron chi connectivity index (χ4n) is 1.56. The lowest BCUT2D eigenvalue weighted by Gasteiger charge is -2.33. The van der Waals surface area contributed by atoms with E-state index in [4.69, 9.17) is 0 Å². The van der Waals surface area contributed by atoms with Gasteiger partial charge in [0.25, 0.3) is 0 Å². The first-order chi connectivity index (χ1) is 4.66. The first kappa shape index (κ1) is 7.84. The summed E-state index contributed by atoms with van der Waals surface area (Å²) in [6, 6.07) is 0. The fraction of sp³-hybridized carbons (Fsp3) is 0.800. The minimum absolute atomic E-state index is 0.640. The Balaban J connectivity index is 2.46. The average molecular weight is 138 g/mol. The molecule has 0 saturated heterocycles. The van der Waals surface area contributed by atoms with Crippen molar-refractivity contribution < 1.29 is 0 Å². The first-order valence-electron chi connectivity index (χ1n) is 4.33. The number of hydrogen-bond acceptors (Lipinski definition) is 0. The van der Waals surface area contributed by atoms with Crippen molar-refractivity contribution in [1.82, 2.24) is 0 Å². The molecule has 0 amide bonds. The molecular formula is C10H18. The summed E-state index contributed by atoms with van der Waals surface area (Å²) in [5, 5.41) is 0. The van der Waals surface area contributed by atoms with E-state index in [1.165, 1.54) is 37.7 Å². The van der Waals surface area contributed by atoms with Gasteiger partial charge in [-0.05, 0) is 31.1 Å². The molecule has 1 saturated carbocycles. The molecule has 1 fully saturated rings. The van der Waals surface area contributed by atoms with Crippen LogP contribution in [0.15, 0.2) is 12.2 Å². The van der Waals surface area contributed by atoms with Crippen LogP contribution in [0.25, 0.3) is 0 Å². The van der Waals surface area contributed by atoms with Gasteiger partial charge in [-0.1, -0.05) is 32.4 Å². The van der Waals surface area contributed by atoms with E-state index in [1.54, 1.807) is 0 Å². The molecule has 1 rings (SSSR count). The lowest BCUT2D eigenvalue weighted by molar-refractivity contribution is 0.236. The maximum absolute atomic E-state index is 4.01. The van der Waals surface area contributed by atoms with Gasteiger partial charge in [-0.25, -0.2) is 0 Å². The van der Waals surface area contributed by atoms with Crippen LogP contribution in [0.2, 0.25) is 0 Å². The Hall–Kier alpha value is -0.260. The Morgan fingerprint density at radius 2 is 1.90 bits per heavy atom. The Bertz CT molecular complexity index is 123. The second-order valence-electron chi connectivity index (χ2n) is 3.91. The van der Waals surface area contributed by atoms with Crippen molar-refractivity contribution in [2.24, 2.45) is 5.41 Å². The zero-order valence-electron chi connectivity index (χ0n) is 7.24.